The van der Waals surface area contributed by atoms with Crippen LogP contribution in [0.3, 0.4) is 0 Å². The Bertz CT molecular complexity index is 876. The second-order valence-electron chi connectivity index (χ2n) is 7.49. The molecule has 1 atom stereocenters. The Morgan fingerprint density at radius 2 is 1.96 bits per heavy atom. The molecule has 1 saturated heterocycles. The lowest BCUT2D eigenvalue weighted by Gasteiger charge is -2.22. The van der Waals surface area contributed by atoms with Crippen LogP contribution in [0.5, 0.6) is 5.75 Å². The zero-order valence-electron chi connectivity index (χ0n) is 17.0. The lowest BCUT2D eigenvalue weighted by atomic mass is 10.0. The molecule has 1 unspecified atom stereocenters. The lowest BCUT2D eigenvalue weighted by Crippen LogP contribution is -2.29. The number of carbonyl (C=O) groups excluding carboxylic acids is 2. The normalized spacial score (nSPS) is 16.5. The van der Waals surface area contributed by atoms with Gasteiger partial charge in [0.1, 0.15) is 5.75 Å². The van der Waals surface area contributed by atoms with Crippen LogP contribution in [0.15, 0.2) is 42.5 Å². The number of para-hydroxylation sites is 3. The van der Waals surface area contributed by atoms with E-state index in [-0.39, 0.29) is 30.3 Å². The van der Waals surface area contributed by atoms with Gasteiger partial charge in [-0.25, -0.2) is 0 Å². The van der Waals surface area contributed by atoms with Gasteiger partial charge in [0.15, 0.2) is 0 Å². The van der Waals surface area contributed by atoms with Crippen LogP contribution in [0.2, 0.25) is 0 Å². The molecule has 2 amide bonds. The van der Waals surface area contributed by atoms with Crippen molar-refractivity contribution in [3.05, 3.63) is 53.6 Å². The first-order valence-electron chi connectivity index (χ1n) is 9.86. The van der Waals surface area contributed by atoms with E-state index in [4.69, 9.17) is 4.74 Å². The average Bonchev–Trinajstić information content (AvgIpc) is 3.04. The fourth-order valence-corrected chi connectivity index (χ4v) is 3.65. The van der Waals surface area contributed by atoms with E-state index >= 15 is 0 Å². The number of rotatable bonds is 6. The first-order valence-corrected chi connectivity index (χ1v) is 9.86. The molecule has 1 heterocycles. The molecule has 1 aliphatic rings. The van der Waals surface area contributed by atoms with Gasteiger partial charge in [0.05, 0.1) is 17.7 Å². The van der Waals surface area contributed by atoms with Crippen LogP contribution in [0.25, 0.3) is 0 Å². The van der Waals surface area contributed by atoms with Gasteiger partial charge in [-0.1, -0.05) is 37.3 Å². The van der Waals surface area contributed by atoms with Crippen molar-refractivity contribution < 1.29 is 14.3 Å². The number of ether oxygens (including phenoxy) is 1. The maximum Gasteiger partial charge on any atom is 0.229 e. The summed E-state index contributed by atoms with van der Waals surface area (Å²) >= 11 is 0. The van der Waals surface area contributed by atoms with Crippen LogP contribution in [0, 0.1) is 12.8 Å². The van der Waals surface area contributed by atoms with E-state index in [9.17, 15) is 9.59 Å². The first-order chi connectivity index (χ1) is 13.4. The predicted octanol–water partition coefficient (Wildman–Crippen LogP) is 4.34. The van der Waals surface area contributed by atoms with E-state index in [1.165, 1.54) is 0 Å². The molecule has 2 aromatic rings. The van der Waals surface area contributed by atoms with Gasteiger partial charge in [0.25, 0.3) is 0 Å². The van der Waals surface area contributed by atoms with Crippen molar-refractivity contribution in [2.45, 2.75) is 46.6 Å². The van der Waals surface area contributed by atoms with Crippen LogP contribution >= 0.6 is 0 Å². The molecule has 0 aromatic heterocycles. The van der Waals surface area contributed by atoms with Gasteiger partial charge in [0, 0.05) is 18.7 Å². The van der Waals surface area contributed by atoms with Crippen molar-refractivity contribution >= 4 is 23.2 Å². The predicted molar refractivity (Wildman–Crippen MR) is 112 cm³/mol. The highest BCUT2D eigenvalue weighted by Gasteiger charge is 2.36. The smallest absolute Gasteiger partial charge is 0.229 e. The summed E-state index contributed by atoms with van der Waals surface area (Å²) in [5.74, 6) is 0.0984. The highest BCUT2D eigenvalue weighted by Crippen LogP contribution is 2.33. The molecule has 5 heteroatoms. The van der Waals surface area contributed by atoms with E-state index in [0.29, 0.717) is 18.0 Å². The number of amides is 2. The van der Waals surface area contributed by atoms with Crippen LogP contribution < -0.4 is 15.0 Å². The molecule has 3 rings (SSSR count). The summed E-state index contributed by atoms with van der Waals surface area (Å²) < 4.78 is 5.77. The maximum atomic E-state index is 12.9. The minimum atomic E-state index is -0.385. The molecule has 0 aliphatic carbocycles. The third-order valence-corrected chi connectivity index (χ3v) is 4.98. The third kappa shape index (κ3) is 4.19. The fourth-order valence-electron chi connectivity index (χ4n) is 3.65. The van der Waals surface area contributed by atoms with E-state index < -0.39 is 0 Å². The second-order valence-corrected chi connectivity index (χ2v) is 7.49. The summed E-state index contributed by atoms with van der Waals surface area (Å²) in [4.78, 5) is 27.3. The number of anilines is 2. The van der Waals surface area contributed by atoms with Crippen LogP contribution in [-0.4, -0.2) is 24.5 Å². The van der Waals surface area contributed by atoms with Crippen LogP contribution in [-0.2, 0) is 16.0 Å². The van der Waals surface area contributed by atoms with E-state index in [1.807, 2.05) is 63.2 Å². The fraction of sp³-hybridized carbons (Fsp3) is 0.391. The van der Waals surface area contributed by atoms with E-state index in [0.717, 1.165) is 23.2 Å². The number of carbonyl (C=O) groups is 2. The molecule has 0 bridgehead atoms. The topological polar surface area (TPSA) is 58.6 Å². The van der Waals surface area contributed by atoms with Gasteiger partial charge in [0.2, 0.25) is 11.8 Å². The monoisotopic (exact) mass is 380 g/mol. The van der Waals surface area contributed by atoms with Crippen molar-refractivity contribution in [1.82, 2.24) is 0 Å². The van der Waals surface area contributed by atoms with E-state index in [1.54, 1.807) is 4.90 Å². The van der Waals surface area contributed by atoms with Gasteiger partial charge >= 0.3 is 0 Å². The minimum Gasteiger partial charge on any atom is -0.489 e. The zero-order valence-corrected chi connectivity index (χ0v) is 17.0. The molecule has 148 valence electrons. The Hall–Kier alpha value is -2.82. The Morgan fingerprint density at radius 3 is 2.68 bits per heavy atom. The van der Waals surface area contributed by atoms with Crippen LogP contribution in [0.4, 0.5) is 11.4 Å². The summed E-state index contributed by atoms with van der Waals surface area (Å²) in [6.45, 7) is 8.37. The van der Waals surface area contributed by atoms with Crippen molar-refractivity contribution in [3.63, 3.8) is 0 Å². The lowest BCUT2D eigenvalue weighted by molar-refractivity contribution is -0.122. The van der Waals surface area contributed by atoms with Crippen molar-refractivity contribution in [3.8, 4) is 5.75 Å². The largest absolute Gasteiger partial charge is 0.489 e. The molecule has 0 radical (unpaired) electrons. The summed E-state index contributed by atoms with van der Waals surface area (Å²) in [6, 6.07) is 13.4. The molecule has 0 saturated carbocycles. The van der Waals surface area contributed by atoms with Gasteiger partial charge in [-0.15, -0.1) is 0 Å². The zero-order chi connectivity index (χ0) is 20.3. The SMILES string of the molecule is CCc1cccc(C)c1N1CC(C(=O)Nc2ccccc2OC(C)C)CC1=O. The standard InChI is InChI=1S/C23H28N2O3/c1-5-17-10-8-9-16(4)22(17)25-14-18(13-21(25)26)23(27)24-19-11-6-7-12-20(19)28-15(2)3/h6-12,15,18H,5,13-14H2,1-4H3,(H,24,27). The number of hydrogen-bond acceptors (Lipinski definition) is 3. The van der Waals surface area contributed by atoms with Gasteiger partial charge in [-0.3, -0.25) is 9.59 Å². The number of aryl methyl sites for hydroxylation is 2. The molecular weight excluding hydrogens is 352 g/mol. The Balaban J connectivity index is 1.77. The highest BCUT2D eigenvalue weighted by atomic mass is 16.5. The van der Waals surface area contributed by atoms with Gasteiger partial charge < -0.3 is 15.0 Å². The molecule has 0 spiro atoms. The summed E-state index contributed by atoms with van der Waals surface area (Å²) in [5.41, 5.74) is 3.78. The summed E-state index contributed by atoms with van der Waals surface area (Å²) in [6.07, 6.45) is 1.07. The number of hydrogen-bond donors (Lipinski definition) is 1. The Morgan fingerprint density at radius 1 is 1.21 bits per heavy atom. The molecule has 1 fully saturated rings. The van der Waals surface area contributed by atoms with Crippen molar-refractivity contribution in [2.24, 2.45) is 5.92 Å². The third-order valence-electron chi connectivity index (χ3n) is 4.98. The Labute approximate surface area is 166 Å². The number of nitrogens with one attached hydrogen (secondary N) is 1. The minimum absolute atomic E-state index is 0.00383. The van der Waals surface area contributed by atoms with Gasteiger partial charge in [-0.05, 0) is 50.5 Å². The molecule has 1 N–H and O–H groups in total. The maximum absolute atomic E-state index is 12.9. The second kappa shape index (κ2) is 8.46. The molecular formula is C23H28N2O3. The summed E-state index contributed by atoms with van der Waals surface area (Å²) in [5, 5.41) is 2.95. The average molecular weight is 380 g/mol. The summed E-state index contributed by atoms with van der Waals surface area (Å²) in [7, 11) is 0. The molecule has 2 aromatic carbocycles. The van der Waals surface area contributed by atoms with Crippen LogP contribution in [0.1, 0.15) is 38.3 Å². The molecule has 28 heavy (non-hydrogen) atoms. The molecule has 5 nitrogen and oxygen atoms in total. The van der Waals surface area contributed by atoms with Crippen molar-refractivity contribution in [2.75, 3.05) is 16.8 Å². The highest BCUT2D eigenvalue weighted by molar-refractivity contribution is 6.04. The number of benzene rings is 2. The first kappa shape index (κ1) is 19.9. The van der Waals surface area contributed by atoms with Gasteiger partial charge in [-0.2, -0.15) is 0 Å². The molecule has 1 aliphatic heterocycles. The number of nitrogens with zero attached hydrogens (tertiary/aromatic N) is 1. The van der Waals surface area contributed by atoms with Crippen molar-refractivity contribution in [1.29, 1.82) is 0 Å². The van der Waals surface area contributed by atoms with E-state index in [2.05, 4.69) is 12.2 Å². The Kier molecular flexibility index (Phi) is 6.02. The quantitative estimate of drug-likeness (QED) is 0.811.